The van der Waals surface area contributed by atoms with E-state index in [-0.39, 0.29) is 54.4 Å². The molecule has 2 aromatic rings. The number of anilines is 2. The van der Waals surface area contributed by atoms with Crippen LogP contribution in [0.2, 0.25) is 0 Å². The van der Waals surface area contributed by atoms with Crippen LogP contribution < -0.4 is 15.0 Å². The number of hydrogen-bond donors (Lipinski definition) is 1. The van der Waals surface area contributed by atoms with Gasteiger partial charge >= 0.3 is 0 Å². The average Bonchev–Trinajstić information content (AvgIpc) is 3.30. The third kappa shape index (κ3) is 5.25. The fourth-order valence-corrected chi connectivity index (χ4v) is 6.04. The van der Waals surface area contributed by atoms with Crippen molar-refractivity contribution >= 4 is 33.2 Å². The van der Waals surface area contributed by atoms with Gasteiger partial charge < -0.3 is 19.7 Å². The summed E-state index contributed by atoms with van der Waals surface area (Å²) in [6.07, 6.45) is 1.02. The first kappa shape index (κ1) is 26.1. The van der Waals surface area contributed by atoms with Crippen LogP contribution in [0.3, 0.4) is 0 Å². The zero-order valence-electron chi connectivity index (χ0n) is 20.9. The summed E-state index contributed by atoms with van der Waals surface area (Å²) >= 11 is 0. The van der Waals surface area contributed by atoms with Crippen molar-refractivity contribution in [2.45, 2.75) is 37.5 Å². The monoisotopic (exact) mass is 515 g/mol. The molecule has 0 saturated carbocycles. The molecule has 2 heterocycles. The second-order valence-corrected chi connectivity index (χ2v) is 11.1. The van der Waals surface area contributed by atoms with Crippen LogP contribution in [-0.2, 0) is 24.3 Å². The van der Waals surface area contributed by atoms with Gasteiger partial charge in [0.1, 0.15) is 5.75 Å². The van der Waals surface area contributed by atoms with Gasteiger partial charge in [0.05, 0.1) is 36.8 Å². The predicted octanol–water partition coefficient (Wildman–Crippen LogP) is 3.22. The van der Waals surface area contributed by atoms with Gasteiger partial charge in [-0.2, -0.15) is 4.31 Å². The van der Waals surface area contributed by atoms with Gasteiger partial charge in [0.25, 0.3) is 0 Å². The highest BCUT2D eigenvalue weighted by Crippen LogP contribution is 2.35. The molecule has 1 N–H and O–H groups in total. The normalized spacial score (nSPS) is 19.8. The molecule has 2 aliphatic rings. The second-order valence-electron chi connectivity index (χ2n) is 9.14. The Bertz CT molecular complexity index is 1230. The standard InChI is InChI=1S/C26H33N3O6S/c1-4-18(2)21-7-5-6-8-23(21)29-17-19(15-25(29)30)26(31)27-22-16-20(9-10-24(22)34-3)36(32,33)28-11-13-35-14-12-28/h5-10,16,18-19H,4,11-15,17H2,1-3H3,(H,27,31)/t18-,19+/m0/s1. The predicted molar refractivity (Wildman–Crippen MR) is 137 cm³/mol. The van der Waals surface area contributed by atoms with Gasteiger partial charge in [-0.3, -0.25) is 9.59 Å². The Kier molecular flexibility index (Phi) is 7.97. The van der Waals surface area contributed by atoms with Crippen LogP contribution >= 0.6 is 0 Å². The number of hydrogen-bond acceptors (Lipinski definition) is 6. The van der Waals surface area contributed by atoms with E-state index in [4.69, 9.17) is 9.47 Å². The van der Waals surface area contributed by atoms with Gasteiger partial charge in [0.15, 0.2) is 0 Å². The van der Waals surface area contributed by atoms with E-state index in [2.05, 4.69) is 19.2 Å². The third-order valence-corrected chi connectivity index (χ3v) is 8.80. The fraction of sp³-hybridized carbons (Fsp3) is 0.462. The number of nitrogens with zero attached hydrogens (tertiary/aromatic N) is 2. The summed E-state index contributed by atoms with van der Waals surface area (Å²) in [5.74, 6) is -0.422. The molecular formula is C26H33N3O6S. The van der Waals surface area contributed by atoms with Gasteiger partial charge in [0, 0.05) is 31.7 Å². The maximum absolute atomic E-state index is 13.2. The lowest BCUT2D eigenvalue weighted by atomic mass is 9.96. The number of ether oxygens (including phenoxy) is 2. The molecule has 0 aromatic heterocycles. The summed E-state index contributed by atoms with van der Waals surface area (Å²) in [6.45, 7) is 5.70. The molecule has 2 fully saturated rings. The molecule has 2 atom stereocenters. The Labute approximate surface area is 212 Å². The SMILES string of the molecule is CC[C@H](C)c1ccccc1N1C[C@H](C(=O)Nc2cc(S(=O)(=O)N3CCOCC3)ccc2OC)CC1=O. The van der Waals surface area contributed by atoms with Crippen molar-refractivity contribution in [3.8, 4) is 5.75 Å². The van der Waals surface area contributed by atoms with E-state index in [1.54, 1.807) is 4.90 Å². The summed E-state index contributed by atoms with van der Waals surface area (Å²) in [6, 6.07) is 12.2. The van der Waals surface area contributed by atoms with Crippen molar-refractivity contribution < 1.29 is 27.5 Å². The second kappa shape index (κ2) is 11.0. The summed E-state index contributed by atoms with van der Waals surface area (Å²) < 4.78 is 38.2. The van der Waals surface area contributed by atoms with Crippen molar-refractivity contribution in [3.05, 3.63) is 48.0 Å². The molecule has 0 radical (unpaired) electrons. The molecule has 0 bridgehead atoms. The maximum atomic E-state index is 13.2. The number of nitrogens with one attached hydrogen (secondary N) is 1. The maximum Gasteiger partial charge on any atom is 0.243 e. The lowest BCUT2D eigenvalue weighted by molar-refractivity contribution is -0.122. The number of morpholine rings is 1. The van der Waals surface area contributed by atoms with Gasteiger partial charge in [-0.15, -0.1) is 0 Å². The summed E-state index contributed by atoms with van der Waals surface area (Å²) in [7, 11) is -2.30. The van der Waals surface area contributed by atoms with Crippen LogP contribution in [0.5, 0.6) is 5.75 Å². The number of methoxy groups -OCH3 is 1. The molecule has 194 valence electrons. The molecule has 4 rings (SSSR count). The first-order chi connectivity index (χ1) is 17.3. The molecular weight excluding hydrogens is 482 g/mol. The number of sulfonamides is 1. The first-order valence-corrected chi connectivity index (χ1v) is 13.7. The zero-order chi connectivity index (χ0) is 25.9. The van der Waals surface area contributed by atoms with Crippen molar-refractivity contribution in [2.75, 3.05) is 50.2 Å². The Hall–Kier alpha value is -2.95. The molecule has 2 amide bonds. The Morgan fingerprint density at radius 2 is 1.92 bits per heavy atom. The molecule has 0 spiro atoms. The van der Waals surface area contributed by atoms with Crippen molar-refractivity contribution in [1.82, 2.24) is 4.31 Å². The van der Waals surface area contributed by atoms with Crippen LogP contribution in [0.25, 0.3) is 0 Å². The lowest BCUT2D eigenvalue weighted by Gasteiger charge is -2.26. The van der Waals surface area contributed by atoms with E-state index in [9.17, 15) is 18.0 Å². The average molecular weight is 516 g/mol. The Morgan fingerprint density at radius 3 is 2.61 bits per heavy atom. The summed E-state index contributed by atoms with van der Waals surface area (Å²) in [5.41, 5.74) is 2.17. The molecule has 2 aromatic carbocycles. The highest BCUT2D eigenvalue weighted by Gasteiger charge is 2.37. The largest absolute Gasteiger partial charge is 0.495 e. The molecule has 9 nitrogen and oxygen atoms in total. The third-order valence-electron chi connectivity index (χ3n) is 6.90. The van der Waals surface area contributed by atoms with Crippen LogP contribution in [0.1, 0.15) is 38.2 Å². The number of para-hydroxylation sites is 1. The zero-order valence-corrected chi connectivity index (χ0v) is 21.7. The van der Waals surface area contributed by atoms with E-state index in [1.807, 2.05) is 24.3 Å². The highest BCUT2D eigenvalue weighted by molar-refractivity contribution is 7.89. The van der Waals surface area contributed by atoms with E-state index < -0.39 is 15.9 Å². The smallest absolute Gasteiger partial charge is 0.243 e. The molecule has 0 unspecified atom stereocenters. The number of carbonyl (C=O) groups is 2. The Morgan fingerprint density at radius 1 is 1.19 bits per heavy atom. The fourth-order valence-electron chi connectivity index (χ4n) is 4.60. The van der Waals surface area contributed by atoms with Crippen LogP contribution in [-0.4, -0.2) is 64.5 Å². The summed E-state index contributed by atoms with van der Waals surface area (Å²) in [4.78, 5) is 27.9. The number of carbonyl (C=O) groups excluding carboxylic acids is 2. The number of rotatable bonds is 8. The van der Waals surface area contributed by atoms with Crippen LogP contribution in [0.4, 0.5) is 11.4 Å². The van der Waals surface area contributed by atoms with Crippen molar-refractivity contribution in [1.29, 1.82) is 0 Å². The quantitative estimate of drug-likeness (QED) is 0.579. The van der Waals surface area contributed by atoms with E-state index >= 15 is 0 Å². The first-order valence-electron chi connectivity index (χ1n) is 12.2. The number of amides is 2. The lowest BCUT2D eigenvalue weighted by Crippen LogP contribution is -2.40. The molecule has 0 aliphatic carbocycles. The van der Waals surface area contributed by atoms with Crippen molar-refractivity contribution in [3.63, 3.8) is 0 Å². The van der Waals surface area contributed by atoms with Gasteiger partial charge in [-0.25, -0.2) is 8.42 Å². The Balaban J connectivity index is 1.54. The number of benzene rings is 2. The molecule has 36 heavy (non-hydrogen) atoms. The van der Waals surface area contributed by atoms with Gasteiger partial charge in [-0.1, -0.05) is 32.0 Å². The van der Waals surface area contributed by atoms with E-state index in [0.29, 0.717) is 19.0 Å². The minimum atomic E-state index is -3.75. The van der Waals surface area contributed by atoms with Crippen LogP contribution in [0, 0.1) is 5.92 Å². The van der Waals surface area contributed by atoms with Crippen LogP contribution in [0.15, 0.2) is 47.4 Å². The summed E-state index contributed by atoms with van der Waals surface area (Å²) in [5, 5.41) is 2.81. The molecule has 10 heteroatoms. The van der Waals surface area contributed by atoms with Gasteiger partial charge in [-0.05, 0) is 42.2 Å². The molecule has 2 aliphatic heterocycles. The highest BCUT2D eigenvalue weighted by atomic mass is 32.2. The van der Waals surface area contributed by atoms with Gasteiger partial charge in [0.2, 0.25) is 21.8 Å². The van der Waals surface area contributed by atoms with E-state index in [1.165, 1.54) is 29.6 Å². The topological polar surface area (TPSA) is 105 Å². The minimum absolute atomic E-state index is 0.0621. The molecule has 2 saturated heterocycles. The minimum Gasteiger partial charge on any atom is -0.495 e. The van der Waals surface area contributed by atoms with Crippen molar-refractivity contribution in [2.24, 2.45) is 5.92 Å². The van der Waals surface area contributed by atoms with E-state index in [0.717, 1.165) is 17.7 Å².